The average Bonchev–Trinajstić information content (AvgIpc) is 2.46. The highest BCUT2D eigenvalue weighted by atomic mass is 35.5. The molecule has 1 atom stereocenters. The second-order valence-corrected chi connectivity index (χ2v) is 5.06. The van der Waals surface area contributed by atoms with E-state index in [9.17, 15) is 4.39 Å². The molecule has 1 N–H and O–H groups in total. The third kappa shape index (κ3) is 3.99. The van der Waals surface area contributed by atoms with Gasteiger partial charge in [0.05, 0.1) is 6.20 Å². The highest BCUT2D eigenvalue weighted by Crippen LogP contribution is 2.21. The maximum Gasteiger partial charge on any atom is 0.127 e. The van der Waals surface area contributed by atoms with Crippen LogP contribution in [0.3, 0.4) is 0 Å². The topological polar surface area (TPSA) is 37.8 Å². The molecule has 0 fully saturated rings. The first kappa shape index (κ1) is 14.9. The Morgan fingerprint density at radius 2 is 2.15 bits per heavy atom. The highest BCUT2D eigenvalue weighted by Gasteiger charge is 2.14. The molecule has 2 rings (SSSR count). The summed E-state index contributed by atoms with van der Waals surface area (Å²) < 4.78 is 13.9. The molecule has 0 spiro atoms. The molecule has 106 valence electrons. The molecule has 0 amide bonds. The molecule has 0 aliphatic carbocycles. The van der Waals surface area contributed by atoms with Crippen LogP contribution < -0.4 is 5.32 Å². The van der Waals surface area contributed by atoms with Gasteiger partial charge in [0, 0.05) is 17.3 Å². The predicted molar refractivity (Wildman–Crippen MR) is 78.2 cm³/mol. The van der Waals surface area contributed by atoms with Gasteiger partial charge in [-0.15, -0.1) is 0 Å². The normalized spacial score (nSPS) is 12.3. The molecule has 0 saturated heterocycles. The average molecular weight is 294 g/mol. The van der Waals surface area contributed by atoms with Crippen molar-refractivity contribution in [3.8, 4) is 0 Å². The number of rotatable bonds is 6. The van der Waals surface area contributed by atoms with E-state index in [-0.39, 0.29) is 11.9 Å². The van der Waals surface area contributed by atoms with Crippen LogP contribution in [-0.4, -0.2) is 16.7 Å². The third-order valence-corrected chi connectivity index (χ3v) is 3.32. The van der Waals surface area contributed by atoms with Crippen LogP contribution in [0.5, 0.6) is 0 Å². The molecule has 0 aliphatic heterocycles. The van der Waals surface area contributed by atoms with Gasteiger partial charge in [-0.25, -0.2) is 4.39 Å². The van der Waals surface area contributed by atoms with Crippen molar-refractivity contribution >= 4 is 11.6 Å². The summed E-state index contributed by atoms with van der Waals surface area (Å²) in [5, 5.41) is 11.5. The molecule has 0 aliphatic rings. The van der Waals surface area contributed by atoms with E-state index in [1.165, 1.54) is 6.07 Å². The molecule has 1 aromatic heterocycles. The highest BCUT2D eigenvalue weighted by molar-refractivity contribution is 6.30. The predicted octanol–water partition coefficient (Wildman–Crippen LogP) is 3.55. The Kier molecular flexibility index (Phi) is 5.44. The van der Waals surface area contributed by atoms with Crippen LogP contribution in [0.2, 0.25) is 5.02 Å². The van der Waals surface area contributed by atoms with Gasteiger partial charge in [-0.05, 0) is 48.7 Å². The van der Waals surface area contributed by atoms with E-state index >= 15 is 0 Å². The number of aromatic nitrogens is 2. The fourth-order valence-electron chi connectivity index (χ4n) is 2.04. The molecular weight excluding hydrogens is 277 g/mol. The van der Waals surface area contributed by atoms with Crippen molar-refractivity contribution in [1.82, 2.24) is 15.5 Å². The van der Waals surface area contributed by atoms with Crippen LogP contribution in [0.15, 0.2) is 36.7 Å². The molecule has 5 heteroatoms. The first-order valence-electron chi connectivity index (χ1n) is 6.64. The molecule has 1 heterocycles. The van der Waals surface area contributed by atoms with Crippen LogP contribution in [0.4, 0.5) is 4.39 Å². The van der Waals surface area contributed by atoms with E-state index in [0.717, 1.165) is 18.5 Å². The minimum Gasteiger partial charge on any atom is -0.310 e. The fourth-order valence-corrected chi connectivity index (χ4v) is 2.20. The number of halogens is 2. The zero-order valence-corrected chi connectivity index (χ0v) is 12.1. The molecule has 20 heavy (non-hydrogen) atoms. The number of nitrogens with zero attached hydrogens (tertiary/aromatic N) is 2. The second-order valence-electron chi connectivity index (χ2n) is 4.62. The maximum atomic E-state index is 13.9. The molecular formula is C15H17ClFN3. The van der Waals surface area contributed by atoms with Crippen LogP contribution >= 0.6 is 11.6 Å². The second kappa shape index (κ2) is 7.31. The number of nitrogens with one attached hydrogen (secondary N) is 1. The molecule has 0 saturated carbocycles. The van der Waals surface area contributed by atoms with Crippen molar-refractivity contribution in [1.29, 1.82) is 0 Å². The quantitative estimate of drug-likeness (QED) is 0.885. The summed E-state index contributed by atoms with van der Waals surface area (Å²) in [6.07, 6.45) is 4.92. The van der Waals surface area contributed by atoms with Gasteiger partial charge in [-0.2, -0.15) is 10.2 Å². The van der Waals surface area contributed by atoms with E-state index in [2.05, 4.69) is 22.4 Å². The minimum atomic E-state index is -0.275. The zero-order chi connectivity index (χ0) is 14.4. The number of hydrogen-bond donors (Lipinski definition) is 1. The van der Waals surface area contributed by atoms with Gasteiger partial charge >= 0.3 is 0 Å². The minimum absolute atomic E-state index is 0.0149. The molecule has 3 nitrogen and oxygen atoms in total. The lowest BCUT2D eigenvalue weighted by Gasteiger charge is -2.19. The third-order valence-electron chi connectivity index (χ3n) is 3.09. The Balaban J connectivity index is 2.19. The SMILES string of the molecule is CCCNC(Cc1ccc(Cl)cc1F)c1ccnnc1. The summed E-state index contributed by atoms with van der Waals surface area (Å²) in [5.41, 5.74) is 1.64. The van der Waals surface area contributed by atoms with Gasteiger partial charge in [0.1, 0.15) is 5.82 Å². The Morgan fingerprint density at radius 3 is 2.80 bits per heavy atom. The van der Waals surface area contributed by atoms with Gasteiger partial charge in [0.25, 0.3) is 0 Å². The summed E-state index contributed by atoms with van der Waals surface area (Å²) in [4.78, 5) is 0. The fraction of sp³-hybridized carbons (Fsp3) is 0.333. The van der Waals surface area contributed by atoms with Crippen LogP contribution in [0.25, 0.3) is 0 Å². The zero-order valence-electron chi connectivity index (χ0n) is 11.3. The summed E-state index contributed by atoms with van der Waals surface area (Å²) in [6, 6.07) is 6.70. The van der Waals surface area contributed by atoms with E-state index in [0.29, 0.717) is 17.0 Å². The van der Waals surface area contributed by atoms with Gasteiger partial charge in [-0.3, -0.25) is 0 Å². The van der Waals surface area contributed by atoms with Crippen molar-refractivity contribution in [2.75, 3.05) is 6.54 Å². The van der Waals surface area contributed by atoms with Crippen molar-refractivity contribution < 1.29 is 4.39 Å². The lowest BCUT2D eigenvalue weighted by molar-refractivity contribution is 0.511. The number of hydrogen-bond acceptors (Lipinski definition) is 3. The van der Waals surface area contributed by atoms with Crippen LogP contribution in [0, 0.1) is 5.82 Å². The monoisotopic (exact) mass is 293 g/mol. The standard InChI is InChI=1S/C15H17ClFN3/c1-2-6-18-15(12-5-7-19-20-10-12)8-11-3-4-13(16)9-14(11)17/h3-5,7,9-10,15,18H,2,6,8H2,1H3. The van der Waals surface area contributed by atoms with Crippen molar-refractivity contribution in [3.63, 3.8) is 0 Å². The summed E-state index contributed by atoms with van der Waals surface area (Å²) >= 11 is 5.78. The number of benzene rings is 1. The molecule has 0 bridgehead atoms. The largest absolute Gasteiger partial charge is 0.310 e. The lowest BCUT2D eigenvalue weighted by Crippen LogP contribution is -2.24. The van der Waals surface area contributed by atoms with Crippen molar-refractivity contribution in [2.24, 2.45) is 0 Å². The van der Waals surface area contributed by atoms with Crippen LogP contribution in [-0.2, 0) is 6.42 Å². The van der Waals surface area contributed by atoms with Crippen molar-refractivity contribution in [3.05, 3.63) is 58.6 Å². The lowest BCUT2D eigenvalue weighted by atomic mass is 10.00. The van der Waals surface area contributed by atoms with E-state index < -0.39 is 0 Å². The van der Waals surface area contributed by atoms with E-state index in [4.69, 9.17) is 11.6 Å². The van der Waals surface area contributed by atoms with E-state index in [1.807, 2.05) is 6.07 Å². The van der Waals surface area contributed by atoms with Crippen LogP contribution in [0.1, 0.15) is 30.5 Å². The van der Waals surface area contributed by atoms with E-state index in [1.54, 1.807) is 24.5 Å². The summed E-state index contributed by atoms with van der Waals surface area (Å²) in [6.45, 7) is 2.96. The Hall–Kier alpha value is -1.52. The van der Waals surface area contributed by atoms with Gasteiger partial charge < -0.3 is 5.32 Å². The summed E-state index contributed by atoms with van der Waals surface area (Å²) in [5.74, 6) is -0.275. The smallest absolute Gasteiger partial charge is 0.127 e. The molecule has 0 radical (unpaired) electrons. The Morgan fingerprint density at radius 1 is 1.30 bits per heavy atom. The molecule has 1 aromatic carbocycles. The Labute approximate surface area is 123 Å². The first-order valence-corrected chi connectivity index (χ1v) is 7.02. The first-order chi connectivity index (χ1) is 9.70. The van der Waals surface area contributed by atoms with Gasteiger partial charge in [-0.1, -0.05) is 24.6 Å². The van der Waals surface area contributed by atoms with Gasteiger partial charge in [0.15, 0.2) is 0 Å². The summed E-state index contributed by atoms with van der Waals surface area (Å²) in [7, 11) is 0. The Bertz CT molecular complexity index is 548. The van der Waals surface area contributed by atoms with Crippen molar-refractivity contribution in [2.45, 2.75) is 25.8 Å². The molecule has 2 aromatic rings. The van der Waals surface area contributed by atoms with Gasteiger partial charge in [0.2, 0.25) is 0 Å². The molecule has 1 unspecified atom stereocenters. The maximum absolute atomic E-state index is 13.9.